The van der Waals surface area contributed by atoms with E-state index in [4.69, 9.17) is 0 Å². The van der Waals surface area contributed by atoms with E-state index in [0.29, 0.717) is 18.0 Å². The van der Waals surface area contributed by atoms with Crippen molar-refractivity contribution in [1.29, 1.82) is 5.26 Å². The normalized spacial score (nSPS) is 11.6. The topological polar surface area (TPSA) is 128 Å². The molecule has 0 saturated heterocycles. The van der Waals surface area contributed by atoms with E-state index in [9.17, 15) is 19.2 Å². The van der Waals surface area contributed by atoms with Crippen molar-refractivity contribution >= 4 is 17.4 Å². The first kappa shape index (κ1) is 24.4. The third-order valence-corrected chi connectivity index (χ3v) is 6.14. The van der Waals surface area contributed by atoms with E-state index in [1.807, 2.05) is 36.4 Å². The van der Waals surface area contributed by atoms with Gasteiger partial charge in [0, 0.05) is 18.9 Å². The van der Waals surface area contributed by atoms with Gasteiger partial charge >= 0.3 is 5.69 Å². The number of nitrogens with zero attached hydrogens (tertiary/aromatic N) is 4. The van der Waals surface area contributed by atoms with Crippen LogP contribution in [-0.4, -0.2) is 25.5 Å². The van der Waals surface area contributed by atoms with Crippen molar-refractivity contribution in [3.05, 3.63) is 118 Å². The van der Waals surface area contributed by atoms with E-state index >= 15 is 0 Å². The molecule has 0 aliphatic rings. The predicted octanol–water partition coefficient (Wildman–Crippen LogP) is 4.20. The zero-order chi connectivity index (χ0) is 26.6. The number of pyridine rings is 2. The van der Waals surface area contributed by atoms with Crippen LogP contribution < -0.4 is 16.3 Å². The van der Waals surface area contributed by atoms with Crippen LogP contribution in [0.1, 0.15) is 40.0 Å². The molecule has 0 aliphatic carbocycles. The molecule has 0 saturated carbocycles. The van der Waals surface area contributed by atoms with Gasteiger partial charge in [0.15, 0.2) is 5.65 Å². The molecule has 3 N–H and O–H groups in total. The van der Waals surface area contributed by atoms with E-state index in [-0.39, 0.29) is 28.7 Å². The van der Waals surface area contributed by atoms with Crippen LogP contribution in [0, 0.1) is 17.1 Å². The lowest BCUT2D eigenvalue weighted by Crippen LogP contribution is -2.28. The highest BCUT2D eigenvalue weighted by molar-refractivity contribution is 5.99. The van der Waals surface area contributed by atoms with Crippen LogP contribution >= 0.6 is 0 Å². The van der Waals surface area contributed by atoms with Gasteiger partial charge in [-0.05, 0) is 59.5 Å². The minimum atomic E-state index is -0.408. The average Bonchev–Trinajstić information content (AvgIpc) is 3.32. The first-order chi connectivity index (χ1) is 18.4. The number of aromatic nitrogens is 4. The standard InChI is InChI=1S/C28H22FN7O2/c1-17(20-6-9-23(29)10-7-20)33-27(37)24-12-19(13-30)15-32-26(24)31-14-18-2-4-21(5-3-18)22-8-11-25-34-35-28(38)36(25)16-22/h2-12,15-17H,14H2,1H3,(H,31,32)(H,33,37)(H,35,38)/t17-/m0/s1. The molecule has 1 atom stereocenters. The van der Waals surface area contributed by atoms with Crippen molar-refractivity contribution in [1.82, 2.24) is 24.9 Å². The molecular weight excluding hydrogens is 485 g/mol. The molecule has 5 aromatic rings. The van der Waals surface area contributed by atoms with Gasteiger partial charge in [-0.25, -0.2) is 23.7 Å². The molecule has 10 heteroatoms. The smallest absolute Gasteiger partial charge is 0.347 e. The molecule has 3 aromatic heterocycles. The van der Waals surface area contributed by atoms with E-state index in [2.05, 4.69) is 25.8 Å². The van der Waals surface area contributed by atoms with Crippen molar-refractivity contribution in [3.8, 4) is 17.2 Å². The number of amides is 1. The summed E-state index contributed by atoms with van der Waals surface area (Å²) in [4.78, 5) is 29.2. The molecule has 0 unspecified atom stereocenters. The van der Waals surface area contributed by atoms with Gasteiger partial charge in [0.25, 0.3) is 5.91 Å². The number of anilines is 1. The van der Waals surface area contributed by atoms with Crippen LogP contribution in [0.4, 0.5) is 10.2 Å². The lowest BCUT2D eigenvalue weighted by molar-refractivity contribution is 0.0940. The second kappa shape index (κ2) is 10.4. The molecule has 5 rings (SSSR count). The lowest BCUT2D eigenvalue weighted by Gasteiger charge is -2.16. The number of nitrogens with one attached hydrogen (secondary N) is 3. The molecule has 38 heavy (non-hydrogen) atoms. The molecule has 188 valence electrons. The Hall–Kier alpha value is -5.30. The number of halogens is 1. The fourth-order valence-electron chi connectivity index (χ4n) is 4.03. The summed E-state index contributed by atoms with van der Waals surface area (Å²) < 4.78 is 14.7. The van der Waals surface area contributed by atoms with Crippen LogP contribution in [0.25, 0.3) is 16.8 Å². The summed E-state index contributed by atoms with van der Waals surface area (Å²) in [6.45, 7) is 2.18. The van der Waals surface area contributed by atoms with E-state index < -0.39 is 5.91 Å². The highest BCUT2D eigenvalue weighted by Crippen LogP contribution is 2.22. The average molecular weight is 508 g/mol. The fraction of sp³-hybridized carbons (Fsp3) is 0.107. The van der Waals surface area contributed by atoms with E-state index in [1.54, 1.807) is 31.3 Å². The number of fused-ring (bicyclic) bond motifs is 1. The first-order valence-electron chi connectivity index (χ1n) is 11.8. The Balaban J connectivity index is 1.31. The minimum Gasteiger partial charge on any atom is -0.365 e. The molecule has 0 spiro atoms. The van der Waals surface area contributed by atoms with Gasteiger partial charge in [-0.2, -0.15) is 10.4 Å². The summed E-state index contributed by atoms with van der Waals surface area (Å²) in [5, 5.41) is 21.7. The third-order valence-electron chi connectivity index (χ3n) is 6.14. The highest BCUT2D eigenvalue weighted by atomic mass is 19.1. The maximum absolute atomic E-state index is 13.3. The van der Waals surface area contributed by atoms with Gasteiger partial charge in [0.05, 0.1) is 17.2 Å². The SMILES string of the molecule is C[C@H](NC(=O)c1cc(C#N)cnc1NCc1ccc(-c2ccc3n[nH]c(=O)n3c2)cc1)c1ccc(F)cc1. The quantitative estimate of drug-likeness (QED) is 0.303. The summed E-state index contributed by atoms with van der Waals surface area (Å²) in [7, 11) is 0. The molecule has 0 bridgehead atoms. The highest BCUT2D eigenvalue weighted by Gasteiger charge is 2.17. The number of hydrogen-bond donors (Lipinski definition) is 3. The molecule has 0 fully saturated rings. The van der Waals surface area contributed by atoms with Crippen molar-refractivity contribution in [2.75, 3.05) is 5.32 Å². The maximum atomic E-state index is 13.3. The Kier molecular flexibility index (Phi) is 6.65. The van der Waals surface area contributed by atoms with E-state index in [1.165, 1.54) is 28.8 Å². The Labute approximate surface area is 216 Å². The molecule has 2 aromatic carbocycles. The van der Waals surface area contributed by atoms with Crippen LogP contribution in [0.2, 0.25) is 0 Å². The molecule has 0 aliphatic heterocycles. The number of carbonyl (C=O) groups is 1. The van der Waals surface area contributed by atoms with Crippen molar-refractivity contribution in [2.45, 2.75) is 19.5 Å². The number of nitriles is 1. The summed E-state index contributed by atoms with van der Waals surface area (Å²) in [6.07, 6.45) is 3.13. The summed E-state index contributed by atoms with van der Waals surface area (Å²) >= 11 is 0. The predicted molar refractivity (Wildman–Crippen MR) is 140 cm³/mol. The first-order valence-corrected chi connectivity index (χ1v) is 11.8. The Bertz CT molecular complexity index is 1720. The maximum Gasteiger partial charge on any atom is 0.347 e. The van der Waals surface area contributed by atoms with Gasteiger partial charge in [-0.3, -0.25) is 4.79 Å². The molecule has 0 radical (unpaired) electrons. The Morgan fingerprint density at radius 3 is 2.58 bits per heavy atom. The number of hydrogen-bond acceptors (Lipinski definition) is 6. The second-order valence-electron chi connectivity index (χ2n) is 8.70. The zero-order valence-electron chi connectivity index (χ0n) is 20.3. The van der Waals surface area contributed by atoms with Gasteiger partial charge in [-0.1, -0.05) is 36.4 Å². The number of benzene rings is 2. The largest absolute Gasteiger partial charge is 0.365 e. The van der Waals surface area contributed by atoms with Gasteiger partial charge < -0.3 is 10.6 Å². The Morgan fingerprint density at radius 1 is 1.11 bits per heavy atom. The monoisotopic (exact) mass is 507 g/mol. The van der Waals surface area contributed by atoms with Gasteiger partial charge in [0.1, 0.15) is 17.7 Å². The van der Waals surface area contributed by atoms with Crippen LogP contribution in [-0.2, 0) is 6.54 Å². The third kappa shape index (κ3) is 5.12. The summed E-state index contributed by atoms with van der Waals surface area (Å²) in [5.41, 5.74) is 4.20. The lowest BCUT2D eigenvalue weighted by atomic mass is 10.1. The Morgan fingerprint density at radius 2 is 1.84 bits per heavy atom. The molecule has 1 amide bonds. The summed E-state index contributed by atoms with van der Waals surface area (Å²) in [5.74, 6) is -0.428. The molecule has 9 nitrogen and oxygen atoms in total. The van der Waals surface area contributed by atoms with Crippen molar-refractivity contribution in [2.24, 2.45) is 0 Å². The molecular formula is C28H22FN7O2. The van der Waals surface area contributed by atoms with Crippen LogP contribution in [0.3, 0.4) is 0 Å². The van der Waals surface area contributed by atoms with E-state index in [0.717, 1.165) is 22.3 Å². The van der Waals surface area contributed by atoms with Crippen molar-refractivity contribution < 1.29 is 9.18 Å². The number of rotatable bonds is 7. The number of H-pyrrole nitrogens is 1. The summed E-state index contributed by atoms with van der Waals surface area (Å²) in [6, 6.07) is 20.4. The van der Waals surface area contributed by atoms with Crippen LogP contribution in [0.15, 0.2) is 83.9 Å². The second-order valence-corrected chi connectivity index (χ2v) is 8.70. The van der Waals surface area contributed by atoms with Crippen molar-refractivity contribution in [3.63, 3.8) is 0 Å². The van der Waals surface area contributed by atoms with Crippen LogP contribution in [0.5, 0.6) is 0 Å². The molecule has 3 heterocycles. The van der Waals surface area contributed by atoms with Gasteiger partial charge in [-0.15, -0.1) is 0 Å². The van der Waals surface area contributed by atoms with Gasteiger partial charge in [0.2, 0.25) is 0 Å². The number of carbonyl (C=O) groups excluding carboxylic acids is 1. The number of aromatic amines is 1. The fourth-order valence-corrected chi connectivity index (χ4v) is 4.03. The minimum absolute atomic E-state index is 0.230. The zero-order valence-corrected chi connectivity index (χ0v) is 20.3.